The van der Waals surface area contributed by atoms with Crippen LogP contribution in [0.2, 0.25) is 0 Å². The van der Waals surface area contributed by atoms with E-state index in [2.05, 4.69) is 16.0 Å². The number of benzene rings is 2. The fourth-order valence-corrected chi connectivity index (χ4v) is 4.27. The molecule has 1 amide bonds. The Morgan fingerprint density at radius 3 is 2.62 bits per heavy atom. The van der Waals surface area contributed by atoms with Crippen LogP contribution in [0.4, 0.5) is 4.79 Å². The first-order chi connectivity index (χ1) is 12.6. The Morgan fingerprint density at radius 2 is 1.88 bits per heavy atom. The molecule has 2 heterocycles. The van der Waals surface area contributed by atoms with Gasteiger partial charge in [-0.25, -0.2) is 0 Å². The zero-order chi connectivity index (χ0) is 18.1. The van der Waals surface area contributed by atoms with E-state index in [0.29, 0.717) is 13.0 Å². The van der Waals surface area contributed by atoms with Crippen molar-refractivity contribution in [2.45, 2.75) is 24.4 Å². The van der Waals surface area contributed by atoms with Gasteiger partial charge in [0.2, 0.25) is 5.12 Å². The Hall–Kier alpha value is -2.24. The van der Waals surface area contributed by atoms with Crippen molar-refractivity contribution in [2.24, 2.45) is 0 Å². The molecule has 2 unspecified atom stereocenters. The molecule has 0 saturated carbocycles. The zero-order valence-electron chi connectivity index (χ0n) is 13.9. The number of thioether (sulfide) groups is 1. The van der Waals surface area contributed by atoms with Crippen LogP contribution in [0.5, 0.6) is 0 Å². The highest BCUT2D eigenvalue weighted by atomic mass is 35.5. The van der Waals surface area contributed by atoms with Crippen LogP contribution in [0.3, 0.4) is 0 Å². The predicted molar refractivity (Wildman–Crippen MR) is 106 cm³/mol. The van der Waals surface area contributed by atoms with Gasteiger partial charge in [-0.15, -0.1) is 11.6 Å². The minimum Gasteiger partial charge on any atom is -0.346 e. The third-order valence-electron chi connectivity index (χ3n) is 4.62. The Labute approximate surface area is 160 Å². The summed E-state index contributed by atoms with van der Waals surface area (Å²) in [7, 11) is 0. The van der Waals surface area contributed by atoms with Crippen LogP contribution in [-0.2, 0) is 17.8 Å². The number of carbonyl (C=O) groups excluding carboxylic acids is 2. The van der Waals surface area contributed by atoms with Crippen molar-refractivity contribution in [3.05, 3.63) is 71.9 Å². The SMILES string of the molecule is O=C1NC(Cc2cccc3c2ccn3CC(Cl)c2ccccc2)C(=O)S1. The van der Waals surface area contributed by atoms with Crippen molar-refractivity contribution in [3.8, 4) is 0 Å². The lowest BCUT2D eigenvalue weighted by atomic mass is 10.0. The van der Waals surface area contributed by atoms with Gasteiger partial charge in [0, 0.05) is 41.8 Å². The molecule has 6 heteroatoms. The maximum atomic E-state index is 11.9. The normalized spacial score (nSPS) is 18.3. The highest BCUT2D eigenvalue weighted by Crippen LogP contribution is 2.28. The summed E-state index contributed by atoms with van der Waals surface area (Å²) in [6.45, 7) is 0.660. The van der Waals surface area contributed by atoms with Gasteiger partial charge in [0.1, 0.15) is 6.04 Å². The maximum Gasteiger partial charge on any atom is 0.287 e. The molecule has 1 aromatic heterocycles. The van der Waals surface area contributed by atoms with E-state index in [-0.39, 0.29) is 15.7 Å². The maximum absolute atomic E-state index is 11.9. The van der Waals surface area contributed by atoms with Gasteiger partial charge in [-0.05, 0) is 23.3 Å². The molecule has 2 aromatic carbocycles. The van der Waals surface area contributed by atoms with Gasteiger partial charge in [-0.1, -0.05) is 42.5 Å². The second kappa shape index (κ2) is 7.17. The number of hydrogen-bond acceptors (Lipinski definition) is 3. The molecule has 1 saturated heterocycles. The third-order valence-corrected chi connectivity index (χ3v) is 5.80. The zero-order valence-corrected chi connectivity index (χ0v) is 15.5. The minimum absolute atomic E-state index is 0.115. The molecule has 132 valence electrons. The standard InChI is InChI=1S/C20H17ClN2O2S/c21-16(13-5-2-1-3-6-13)12-23-10-9-15-14(7-4-8-18(15)23)11-17-19(24)26-20(25)22-17/h1-10,16-17H,11-12H2,(H,22,25). The number of fused-ring (bicyclic) bond motifs is 1. The van der Waals surface area contributed by atoms with Gasteiger partial charge in [0.05, 0.1) is 5.38 Å². The number of halogens is 1. The van der Waals surface area contributed by atoms with E-state index in [0.717, 1.165) is 33.8 Å². The molecular weight excluding hydrogens is 368 g/mol. The Kier molecular flexibility index (Phi) is 4.74. The Morgan fingerprint density at radius 1 is 1.08 bits per heavy atom. The Bertz CT molecular complexity index is 970. The molecule has 0 spiro atoms. The molecule has 4 rings (SSSR count). The monoisotopic (exact) mass is 384 g/mol. The summed E-state index contributed by atoms with van der Waals surface area (Å²) < 4.78 is 2.13. The number of carbonyl (C=O) groups is 2. The minimum atomic E-state index is -0.452. The summed E-state index contributed by atoms with van der Waals surface area (Å²) >= 11 is 7.35. The summed E-state index contributed by atoms with van der Waals surface area (Å²) in [5, 5.41) is 3.31. The first kappa shape index (κ1) is 17.2. The molecule has 3 aromatic rings. The van der Waals surface area contributed by atoms with Crippen LogP contribution in [-0.4, -0.2) is 21.0 Å². The molecule has 0 bridgehead atoms. The second-order valence-electron chi connectivity index (χ2n) is 6.31. The number of alkyl halides is 1. The van der Waals surface area contributed by atoms with Crippen LogP contribution < -0.4 is 5.32 Å². The molecule has 2 atom stereocenters. The number of nitrogens with one attached hydrogen (secondary N) is 1. The van der Waals surface area contributed by atoms with Gasteiger partial charge in [-0.3, -0.25) is 9.59 Å². The van der Waals surface area contributed by atoms with Crippen LogP contribution in [0.1, 0.15) is 16.5 Å². The topological polar surface area (TPSA) is 51.1 Å². The molecule has 1 N–H and O–H groups in total. The quantitative estimate of drug-likeness (QED) is 0.658. The lowest BCUT2D eigenvalue weighted by Crippen LogP contribution is -2.30. The van der Waals surface area contributed by atoms with Crippen molar-refractivity contribution in [3.63, 3.8) is 0 Å². The van der Waals surface area contributed by atoms with E-state index >= 15 is 0 Å². The van der Waals surface area contributed by atoms with Crippen molar-refractivity contribution >= 4 is 44.6 Å². The molecule has 1 fully saturated rings. The lowest BCUT2D eigenvalue weighted by Gasteiger charge is -2.13. The van der Waals surface area contributed by atoms with Crippen molar-refractivity contribution in [1.29, 1.82) is 0 Å². The summed E-state index contributed by atoms with van der Waals surface area (Å²) in [5.41, 5.74) is 3.21. The molecule has 1 aliphatic rings. The number of rotatable bonds is 5. The fraction of sp³-hybridized carbons (Fsp3) is 0.200. The summed E-state index contributed by atoms with van der Waals surface area (Å²) in [6.07, 6.45) is 2.53. The average Bonchev–Trinajstić information content (AvgIpc) is 3.19. The molecule has 1 aliphatic heterocycles. The highest BCUT2D eigenvalue weighted by molar-refractivity contribution is 8.26. The summed E-state index contributed by atoms with van der Waals surface area (Å²) in [5.74, 6) is 0. The van der Waals surface area contributed by atoms with Gasteiger partial charge in [0.15, 0.2) is 0 Å². The average molecular weight is 385 g/mol. The van der Waals surface area contributed by atoms with Gasteiger partial charge in [-0.2, -0.15) is 0 Å². The molecule has 0 aliphatic carbocycles. The van der Waals surface area contributed by atoms with Crippen molar-refractivity contribution in [2.75, 3.05) is 0 Å². The fourth-order valence-electron chi connectivity index (χ4n) is 3.31. The van der Waals surface area contributed by atoms with Crippen LogP contribution >= 0.6 is 23.4 Å². The van der Waals surface area contributed by atoms with E-state index in [4.69, 9.17) is 11.6 Å². The Balaban J connectivity index is 1.59. The number of amides is 1. The highest BCUT2D eigenvalue weighted by Gasteiger charge is 2.31. The van der Waals surface area contributed by atoms with E-state index in [1.165, 1.54) is 0 Å². The van der Waals surface area contributed by atoms with Crippen LogP contribution in [0.25, 0.3) is 10.9 Å². The van der Waals surface area contributed by atoms with E-state index in [1.54, 1.807) is 0 Å². The second-order valence-corrected chi connectivity index (χ2v) is 7.81. The molecule has 0 radical (unpaired) electrons. The van der Waals surface area contributed by atoms with Gasteiger partial charge < -0.3 is 9.88 Å². The summed E-state index contributed by atoms with van der Waals surface area (Å²) in [4.78, 5) is 23.3. The molecule has 4 nitrogen and oxygen atoms in total. The van der Waals surface area contributed by atoms with Crippen LogP contribution in [0, 0.1) is 0 Å². The number of hydrogen-bond donors (Lipinski definition) is 1. The van der Waals surface area contributed by atoms with Gasteiger partial charge >= 0.3 is 0 Å². The van der Waals surface area contributed by atoms with E-state index in [1.807, 2.05) is 54.7 Å². The van der Waals surface area contributed by atoms with Crippen LogP contribution in [0.15, 0.2) is 60.8 Å². The van der Waals surface area contributed by atoms with E-state index in [9.17, 15) is 9.59 Å². The third kappa shape index (κ3) is 3.37. The number of nitrogens with zero attached hydrogens (tertiary/aromatic N) is 1. The van der Waals surface area contributed by atoms with Gasteiger partial charge in [0.25, 0.3) is 5.24 Å². The first-order valence-corrected chi connectivity index (χ1v) is 9.65. The van der Waals surface area contributed by atoms with E-state index < -0.39 is 6.04 Å². The molecular formula is C20H17ClN2O2S. The molecule has 26 heavy (non-hydrogen) atoms. The van der Waals surface area contributed by atoms with Crippen molar-refractivity contribution < 1.29 is 9.59 Å². The van der Waals surface area contributed by atoms with Crippen molar-refractivity contribution in [1.82, 2.24) is 9.88 Å². The summed E-state index contributed by atoms with van der Waals surface area (Å²) in [6, 6.07) is 17.6. The smallest absolute Gasteiger partial charge is 0.287 e. The number of aromatic nitrogens is 1. The lowest BCUT2D eigenvalue weighted by molar-refractivity contribution is -0.112. The largest absolute Gasteiger partial charge is 0.346 e. The predicted octanol–water partition coefficient (Wildman–Crippen LogP) is 4.52. The first-order valence-electron chi connectivity index (χ1n) is 8.40.